The fourth-order valence-electron chi connectivity index (χ4n) is 1.01. The van der Waals surface area contributed by atoms with E-state index < -0.39 is 0 Å². The van der Waals surface area contributed by atoms with Crippen molar-refractivity contribution < 1.29 is 0 Å². The van der Waals surface area contributed by atoms with Gasteiger partial charge in [0.2, 0.25) is 0 Å². The Morgan fingerprint density at radius 3 is 2.64 bits per heavy atom. The fourth-order valence-corrected chi connectivity index (χ4v) is 1.01. The van der Waals surface area contributed by atoms with E-state index in [1.807, 2.05) is 6.07 Å². The zero-order valence-corrected chi connectivity index (χ0v) is 7.46. The maximum atomic E-state index is 4.08. The minimum atomic E-state index is 0.649. The molecule has 0 saturated heterocycles. The predicted octanol–water partition coefficient (Wildman–Crippen LogP) is 0.879. The van der Waals surface area contributed by atoms with Crippen LogP contribution >= 0.6 is 0 Å². The van der Waals surface area contributed by atoms with Gasteiger partial charge in [0, 0.05) is 6.20 Å². The van der Waals surface area contributed by atoms with Crippen LogP contribution in [0.15, 0.2) is 37.3 Å². The van der Waals surface area contributed by atoms with E-state index in [1.54, 1.807) is 18.6 Å². The maximum absolute atomic E-state index is 4.08. The fraction of sp³-hybridized carbons (Fsp3) is 0.111. The molecule has 0 amide bonds. The Balaban J connectivity index is 1.96. The number of nitrogens with zero attached hydrogens (tertiary/aromatic N) is 4. The summed E-state index contributed by atoms with van der Waals surface area (Å²) >= 11 is 0. The molecule has 0 spiro atoms. The molecule has 0 fully saturated rings. The first-order chi connectivity index (χ1) is 6.95. The van der Waals surface area contributed by atoms with Crippen LogP contribution in [0.3, 0.4) is 0 Å². The molecule has 0 bridgehead atoms. The Hall–Kier alpha value is -2.04. The van der Waals surface area contributed by atoms with Gasteiger partial charge in [0.1, 0.15) is 12.7 Å². The second-order valence-electron chi connectivity index (χ2n) is 2.68. The van der Waals surface area contributed by atoms with Gasteiger partial charge in [-0.25, -0.2) is 19.9 Å². The molecule has 5 nitrogen and oxygen atoms in total. The van der Waals surface area contributed by atoms with Crippen LogP contribution in [0.1, 0.15) is 5.69 Å². The zero-order chi connectivity index (χ0) is 9.64. The highest BCUT2D eigenvalue weighted by molar-refractivity contribution is 5.37. The minimum Gasteiger partial charge on any atom is -0.377 e. The van der Waals surface area contributed by atoms with E-state index in [2.05, 4.69) is 25.3 Å². The molecule has 1 N–H and O–H groups in total. The van der Waals surface area contributed by atoms with Crippen LogP contribution in [0.5, 0.6) is 0 Å². The van der Waals surface area contributed by atoms with Gasteiger partial charge in [0.05, 0.1) is 30.3 Å². The smallest absolute Gasteiger partial charge is 0.115 e. The second kappa shape index (κ2) is 4.27. The molecular formula is C9H9N5. The lowest BCUT2D eigenvalue weighted by Crippen LogP contribution is -2.01. The molecule has 2 aromatic heterocycles. The van der Waals surface area contributed by atoms with Gasteiger partial charge in [-0.2, -0.15) is 0 Å². The van der Waals surface area contributed by atoms with Gasteiger partial charge in [0.15, 0.2) is 0 Å². The van der Waals surface area contributed by atoms with E-state index in [0.717, 1.165) is 11.4 Å². The first kappa shape index (κ1) is 8.55. The van der Waals surface area contributed by atoms with Crippen molar-refractivity contribution in [3.05, 3.63) is 43.0 Å². The van der Waals surface area contributed by atoms with Crippen LogP contribution in [0.25, 0.3) is 0 Å². The molecular weight excluding hydrogens is 178 g/mol. The summed E-state index contributed by atoms with van der Waals surface area (Å²) in [5, 5.41) is 3.15. The lowest BCUT2D eigenvalue weighted by atomic mass is 10.4. The van der Waals surface area contributed by atoms with Gasteiger partial charge < -0.3 is 5.32 Å². The highest BCUT2D eigenvalue weighted by atomic mass is 14.9. The Bertz CT molecular complexity index is 335. The molecule has 0 aliphatic heterocycles. The van der Waals surface area contributed by atoms with Crippen LogP contribution in [-0.4, -0.2) is 19.9 Å². The normalized spacial score (nSPS) is 9.71. The van der Waals surface area contributed by atoms with Crippen molar-refractivity contribution in [3.63, 3.8) is 0 Å². The molecule has 14 heavy (non-hydrogen) atoms. The van der Waals surface area contributed by atoms with Gasteiger partial charge >= 0.3 is 0 Å². The molecule has 0 radical (unpaired) electrons. The molecule has 2 rings (SSSR count). The van der Waals surface area contributed by atoms with E-state index in [0.29, 0.717) is 6.54 Å². The van der Waals surface area contributed by atoms with Crippen molar-refractivity contribution in [3.8, 4) is 0 Å². The number of rotatable bonds is 3. The number of hydrogen-bond acceptors (Lipinski definition) is 5. The first-order valence-electron chi connectivity index (χ1n) is 4.19. The van der Waals surface area contributed by atoms with Crippen molar-refractivity contribution in [2.45, 2.75) is 6.54 Å². The van der Waals surface area contributed by atoms with Gasteiger partial charge in [-0.1, -0.05) is 0 Å². The van der Waals surface area contributed by atoms with Gasteiger partial charge in [0.25, 0.3) is 0 Å². The van der Waals surface area contributed by atoms with Gasteiger partial charge in [-0.05, 0) is 6.07 Å². The van der Waals surface area contributed by atoms with E-state index in [-0.39, 0.29) is 0 Å². The van der Waals surface area contributed by atoms with Crippen molar-refractivity contribution in [2.24, 2.45) is 0 Å². The molecule has 0 aliphatic carbocycles. The van der Waals surface area contributed by atoms with Crippen molar-refractivity contribution >= 4 is 5.69 Å². The molecule has 0 unspecified atom stereocenters. The minimum absolute atomic E-state index is 0.649. The average molecular weight is 187 g/mol. The third-order valence-corrected chi connectivity index (χ3v) is 1.68. The largest absolute Gasteiger partial charge is 0.377 e. The number of hydrogen-bond donors (Lipinski definition) is 1. The van der Waals surface area contributed by atoms with Gasteiger partial charge in [-0.15, -0.1) is 0 Å². The molecule has 0 saturated carbocycles. The molecule has 70 valence electrons. The van der Waals surface area contributed by atoms with Crippen LogP contribution < -0.4 is 5.32 Å². The molecule has 0 aliphatic rings. The van der Waals surface area contributed by atoms with Crippen LogP contribution in [0, 0.1) is 0 Å². The summed E-state index contributed by atoms with van der Waals surface area (Å²) in [6.07, 6.45) is 8.17. The van der Waals surface area contributed by atoms with Crippen LogP contribution in [0.2, 0.25) is 0 Å². The summed E-state index contributed by atoms with van der Waals surface area (Å²) in [6.45, 7) is 0.649. The highest BCUT2D eigenvalue weighted by Crippen LogP contribution is 2.02. The van der Waals surface area contributed by atoms with Crippen LogP contribution in [0.4, 0.5) is 5.69 Å². The SMILES string of the molecule is c1cc(CNc2cncnc2)ncn1. The molecule has 5 heteroatoms. The third-order valence-electron chi connectivity index (χ3n) is 1.68. The molecule has 0 aromatic carbocycles. The lowest BCUT2D eigenvalue weighted by molar-refractivity contribution is 0.999. The van der Waals surface area contributed by atoms with E-state index in [9.17, 15) is 0 Å². The Morgan fingerprint density at radius 2 is 1.93 bits per heavy atom. The molecule has 2 aromatic rings. The second-order valence-corrected chi connectivity index (χ2v) is 2.68. The summed E-state index contributed by atoms with van der Waals surface area (Å²) in [7, 11) is 0. The predicted molar refractivity (Wildman–Crippen MR) is 51.4 cm³/mol. The standard InChI is InChI=1S/C9H9N5/c1-2-10-7-14-8(1)5-13-9-3-11-6-12-4-9/h1-4,6-7,13H,5H2. The summed E-state index contributed by atoms with van der Waals surface area (Å²) in [6, 6.07) is 1.86. The monoisotopic (exact) mass is 187 g/mol. The van der Waals surface area contributed by atoms with Crippen LogP contribution in [-0.2, 0) is 6.54 Å². The summed E-state index contributed by atoms with van der Waals surface area (Å²) in [5.41, 5.74) is 1.81. The number of aromatic nitrogens is 4. The number of nitrogens with one attached hydrogen (secondary N) is 1. The Morgan fingerprint density at radius 1 is 1.07 bits per heavy atom. The Labute approximate surface area is 81.3 Å². The quantitative estimate of drug-likeness (QED) is 0.772. The van der Waals surface area contributed by atoms with E-state index >= 15 is 0 Å². The zero-order valence-electron chi connectivity index (χ0n) is 7.46. The number of anilines is 1. The average Bonchev–Trinajstić information content (AvgIpc) is 2.29. The molecule has 2 heterocycles. The Kier molecular flexibility index (Phi) is 2.61. The third kappa shape index (κ3) is 2.22. The van der Waals surface area contributed by atoms with Crippen molar-refractivity contribution in [1.29, 1.82) is 0 Å². The maximum Gasteiger partial charge on any atom is 0.115 e. The van der Waals surface area contributed by atoms with Crippen molar-refractivity contribution in [2.75, 3.05) is 5.32 Å². The highest BCUT2D eigenvalue weighted by Gasteiger charge is 1.93. The summed E-state index contributed by atoms with van der Waals surface area (Å²) in [4.78, 5) is 15.7. The van der Waals surface area contributed by atoms with E-state index in [4.69, 9.17) is 0 Å². The lowest BCUT2D eigenvalue weighted by Gasteiger charge is -2.03. The first-order valence-corrected chi connectivity index (χ1v) is 4.19. The van der Waals surface area contributed by atoms with Gasteiger partial charge in [-0.3, -0.25) is 0 Å². The summed E-state index contributed by atoms with van der Waals surface area (Å²) < 4.78 is 0. The van der Waals surface area contributed by atoms with Crippen molar-refractivity contribution in [1.82, 2.24) is 19.9 Å². The summed E-state index contributed by atoms with van der Waals surface area (Å²) in [5.74, 6) is 0. The molecule has 0 atom stereocenters. The topological polar surface area (TPSA) is 63.6 Å². The van der Waals surface area contributed by atoms with E-state index in [1.165, 1.54) is 12.7 Å².